The summed E-state index contributed by atoms with van der Waals surface area (Å²) in [5.74, 6) is 0.647. The highest BCUT2D eigenvalue weighted by molar-refractivity contribution is 5.95. The lowest BCUT2D eigenvalue weighted by Gasteiger charge is -2.30. The number of ether oxygens (including phenoxy) is 3. The molecule has 1 unspecified atom stereocenters. The Hall–Kier alpha value is -3.48. The summed E-state index contributed by atoms with van der Waals surface area (Å²) in [5.41, 5.74) is 3.92. The molecule has 0 spiro atoms. The molecule has 2 N–H and O–H groups in total. The van der Waals surface area contributed by atoms with Gasteiger partial charge in [0.2, 0.25) is 0 Å². The first kappa shape index (κ1) is 25.1. The molecule has 1 heterocycles. The molecule has 7 heteroatoms. The highest BCUT2D eigenvalue weighted by atomic mass is 16.5. The predicted octanol–water partition coefficient (Wildman–Crippen LogP) is 5.33. The Morgan fingerprint density at radius 3 is 2.47 bits per heavy atom. The van der Waals surface area contributed by atoms with Crippen LogP contribution in [0.1, 0.15) is 62.8 Å². The number of rotatable bonds is 10. The monoisotopic (exact) mass is 466 g/mol. The van der Waals surface area contributed by atoms with E-state index in [1.807, 2.05) is 43.3 Å². The van der Waals surface area contributed by atoms with Crippen LogP contribution in [0.2, 0.25) is 0 Å². The van der Waals surface area contributed by atoms with Gasteiger partial charge < -0.3 is 24.8 Å². The average Bonchev–Trinajstić information content (AvgIpc) is 2.81. The smallest absolute Gasteiger partial charge is 0.338 e. The van der Waals surface area contributed by atoms with Crippen molar-refractivity contribution < 1.29 is 23.8 Å². The summed E-state index contributed by atoms with van der Waals surface area (Å²) in [7, 11) is 1.58. The summed E-state index contributed by atoms with van der Waals surface area (Å²) in [6.45, 7) is 8.07. The third-order valence-electron chi connectivity index (χ3n) is 5.53. The molecule has 2 aromatic rings. The van der Waals surface area contributed by atoms with Crippen LogP contribution in [0.5, 0.6) is 11.5 Å². The van der Waals surface area contributed by atoms with Gasteiger partial charge in [0.05, 0.1) is 24.8 Å². The van der Waals surface area contributed by atoms with Crippen molar-refractivity contribution in [3.8, 4) is 11.5 Å². The van der Waals surface area contributed by atoms with E-state index in [-0.39, 0.29) is 12.1 Å². The topological polar surface area (TPSA) is 85.9 Å². The van der Waals surface area contributed by atoms with Crippen molar-refractivity contribution in [2.45, 2.75) is 65.7 Å². The predicted molar refractivity (Wildman–Crippen MR) is 131 cm³/mol. The van der Waals surface area contributed by atoms with Crippen molar-refractivity contribution in [3.63, 3.8) is 0 Å². The highest BCUT2D eigenvalue weighted by Gasteiger charge is 2.34. The Morgan fingerprint density at radius 1 is 1.09 bits per heavy atom. The lowest BCUT2D eigenvalue weighted by molar-refractivity contribution is -0.143. The van der Waals surface area contributed by atoms with E-state index in [4.69, 9.17) is 14.2 Å². The number of allylic oxidation sites excluding steroid dienone is 1. The van der Waals surface area contributed by atoms with Gasteiger partial charge in [0.1, 0.15) is 6.61 Å². The maximum atomic E-state index is 13.1. The van der Waals surface area contributed by atoms with Gasteiger partial charge in [-0.2, -0.15) is 0 Å². The van der Waals surface area contributed by atoms with Gasteiger partial charge in [0, 0.05) is 5.70 Å². The molecule has 1 atom stereocenters. The number of carbonyl (C=O) groups excluding carboxylic acids is 2. The SMILES string of the molecule is CCCCC1=C(C(=O)OC(C)C)C(c2ccc(OC)c(OCc3ccc(C)cc3)c2)NC(=O)N1. The number of carbonyl (C=O) groups is 2. The molecule has 0 aliphatic carbocycles. The number of aryl methyl sites for hydroxylation is 1. The zero-order valence-corrected chi connectivity index (χ0v) is 20.6. The average molecular weight is 467 g/mol. The molecule has 2 aromatic carbocycles. The van der Waals surface area contributed by atoms with Crippen LogP contribution < -0.4 is 20.1 Å². The fraction of sp³-hybridized carbons (Fsp3) is 0.407. The zero-order chi connectivity index (χ0) is 24.7. The second-order valence-electron chi connectivity index (χ2n) is 8.67. The summed E-state index contributed by atoms with van der Waals surface area (Å²) in [6, 6.07) is 12.5. The summed E-state index contributed by atoms with van der Waals surface area (Å²) >= 11 is 0. The normalized spacial score (nSPS) is 15.6. The van der Waals surface area contributed by atoms with Crippen LogP contribution in [0.15, 0.2) is 53.7 Å². The van der Waals surface area contributed by atoms with Crippen molar-refractivity contribution in [1.82, 2.24) is 10.6 Å². The highest BCUT2D eigenvalue weighted by Crippen LogP contribution is 2.36. The first-order valence-corrected chi connectivity index (χ1v) is 11.7. The fourth-order valence-corrected chi connectivity index (χ4v) is 3.77. The van der Waals surface area contributed by atoms with Crippen LogP contribution >= 0.6 is 0 Å². The summed E-state index contributed by atoms with van der Waals surface area (Å²) in [6.07, 6.45) is 2.07. The Balaban J connectivity index is 1.97. The Kier molecular flexibility index (Phi) is 8.57. The number of amides is 2. The minimum absolute atomic E-state index is 0.282. The molecule has 0 radical (unpaired) electrons. The van der Waals surface area contributed by atoms with E-state index < -0.39 is 12.0 Å². The molecular weight excluding hydrogens is 432 g/mol. The van der Waals surface area contributed by atoms with Crippen LogP contribution in [0, 0.1) is 6.92 Å². The summed E-state index contributed by atoms with van der Waals surface area (Å²) in [4.78, 5) is 25.6. The molecule has 0 saturated carbocycles. The standard InChI is InChI=1S/C27H34N2O5/c1-6-7-8-21-24(26(30)34-17(2)3)25(29-27(31)28-21)20-13-14-22(32-5)23(15-20)33-16-19-11-9-18(4)10-12-19/h9-15,17,25H,6-8,16H2,1-5H3,(H2,28,29,31). The number of benzene rings is 2. The summed E-state index contributed by atoms with van der Waals surface area (Å²) in [5, 5.41) is 5.70. The quantitative estimate of drug-likeness (QED) is 0.462. The van der Waals surface area contributed by atoms with E-state index in [0.29, 0.717) is 41.4 Å². The van der Waals surface area contributed by atoms with Crippen molar-refractivity contribution in [1.29, 1.82) is 0 Å². The number of urea groups is 1. The Bertz CT molecular complexity index is 1040. The molecule has 2 amide bonds. The van der Waals surface area contributed by atoms with Crippen molar-refractivity contribution in [3.05, 3.63) is 70.4 Å². The molecule has 1 aliphatic heterocycles. The van der Waals surface area contributed by atoms with E-state index >= 15 is 0 Å². The molecule has 1 aliphatic rings. The van der Waals surface area contributed by atoms with Gasteiger partial charge in [-0.25, -0.2) is 9.59 Å². The van der Waals surface area contributed by atoms with Crippen molar-refractivity contribution in [2.24, 2.45) is 0 Å². The van der Waals surface area contributed by atoms with Crippen LogP contribution in [0.3, 0.4) is 0 Å². The van der Waals surface area contributed by atoms with Crippen LogP contribution in [0.4, 0.5) is 4.79 Å². The second-order valence-corrected chi connectivity index (χ2v) is 8.67. The lowest BCUT2D eigenvalue weighted by Crippen LogP contribution is -2.46. The van der Waals surface area contributed by atoms with Gasteiger partial charge >= 0.3 is 12.0 Å². The van der Waals surface area contributed by atoms with Crippen LogP contribution in [-0.2, 0) is 16.1 Å². The Morgan fingerprint density at radius 2 is 1.82 bits per heavy atom. The number of esters is 1. The first-order valence-electron chi connectivity index (χ1n) is 11.7. The molecule has 182 valence electrons. The van der Waals surface area contributed by atoms with Gasteiger partial charge in [-0.3, -0.25) is 0 Å². The summed E-state index contributed by atoms with van der Waals surface area (Å²) < 4.78 is 17.1. The maximum absolute atomic E-state index is 13.1. The van der Waals surface area contributed by atoms with Gasteiger partial charge in [-0.1, -0.05) is 49.2 Å². The molecule has 0 bridgehead atoms. The molecule has 3 rings (SSSR count). The number of hydrogen-bond donors (Lipinski definition) is 2. The van der Waals surface area contributed by atoms with Crippen molar-refractivity contribution in [2.75, 3.05) is 7.11 Å². The molecule has 34 heavy (non-hydrogen) atoms. The van der Waals surface area contributed by atoms with Gasteiger partial charge in [0.25, 0.3) is 0 Å². The zero-order valence-electron chi connectivity index (χ0n) is 20.6. The fourth-order valence-electron chi connectivity index (χ4n) is 3.77. The number of unbranched alkanes of at least 4 members (excludes halogenated alkanes) is 1. The van der Waals surface area contributed by atoms with Gasteiger partial charge in [-0.05, 0) is 56.9 Å². The number of nitrogens with one attached hydrogen (secondary N) is 2. The number of hydrogen-bond acceptors (Lipinski definition) is 5. The lowest BCUT2D eigenvalue weighted by atomic mass is 9.93. The van der Waals surface area contributed by atoms with Crippen LogP contribution in [0.25, 0.3) is 0 Å². The van der Waals surface area contributed by atoms with Crippen LogP contribution in [-0.4, -0.2) is 25.2 Å². The Labute approximate surface area is 201 Å². The minimum atomic E-state index is -0.667. The first-order chi connectivity index (χ1) is 16.3. The van der Waals surface area contributed by atoms with E-state index in [9.17, 15) is 9.59 Å². The largest absolute Gasteiger partial charge is 0.493 e. The molecule has 7 nitrogen and oxygen atoms in total. The maximum Gasteiger partial charge on any atom is 0.338 e. The second kappa shape index (κ2) is 11.6. The van der Waals surface area contributed by atoms with Gasteiger partial charge in [-0.15, -0.1) is 0 Å². The van der Waals surface area contributed by atoms with Gasteiger partial charge in [0.15, 0.2) is 11.5 Å². The van der Waals surface area contributed by atoms with E-state index in [1.54, 1.807) is 27.0 Å². The molecule has 0 fully saturated rings. The molecule has 0 aromatic heterocycles. The third-order valence-corrected chi connectivity index (χ3v) is 5.53. The number of methoxy groups -OCH3 is 1. The van der Waals surface area contributed by atoms with Crippen molar-refractivity contribution >= 4 is 12.0 Å². The minimum Gasteiger partial charge on any atom is -0.493 e. The van der Waals surface area contributed by atoms with E-state index in [0.717, 1.165) is 18.4 Å². The van der Waals surface area contributed by atoms with E-state index in [2.05, 4.69) is 17.6 Å². The molecular formula is C27H34N2O5. The molecule has 0 saturated heterocycles. The third kappa shape index (κ3) is 6.31. The van der Waals surface area contributed by atoms with E-state index in [1.165, 1.54) is 5.56 Å².